The van der Waals surface area contributed by atoms with Crippen molar-refractivity contribution in [1.29, 1.82) is 0 Å². The molecule has 0 saturated carbocycles. The minimum Gasteiger partial charge on any atom is -0.348 e. The van der Waals surface area contributed by atoms with Gasteiger partial charge in [0.2, 0.25) is 0 Å². The van der Waals surface area contributed by atoms with Crippen LogP contribution < -0.4 is 0 Å². The van der Waals surface area contributed by atoms with E-state index >= 15 is 0 Å². The number of H-pyrrole nitrogens is 1. The van der Waals surface area contributed by atoms with Crippen LogP contribution >= 0.6 is 11.3 Å². The lowest BCUT2D eigenvalue weighted by Gasteiger charge is -2.33. The third-order valence-corrected chi connectivity index (χ3v) is 6.59. The number of benzene rings is 1. The van der Waals surface area contributed by atoms with Gasteiger partial charge in [-0.15, -0.1) is 11.3 Å². The van der Waals surface area contributed by atoms with Gasteiger partial charge in [-0.1, -0.05) is 6.07 Å². The highest BCUT2D eigenvalue weighted by Gasteiger charge is 2.37. The molecule has 4 aromatic heterocycles. The second-order valence-corrected chi connectivity index (χ2v) is 8.35. The number of hydrogen-bond donors (Lipinski definition) is 1. The van der Waals surface area contributed by atoms with E-state index in [9.17, 15) is 13.6 Å². The SMILES string of the molecule is O=C(c1cnn2ccc(F)cc12)N1CCc2[nH]cnc2[C@H]1c1nc2c(F)cccc2s1. The van der Waals surface area contributed by atoms with Gasteiger partial charge < -0.3 is 9.88 Å². The Balaban J connectivity index is 1.50. The van der Waals surface area contributed by atoms with Crippen LogP contribution in [0.15, 0.2) is 49.1 Å². The number of imidazole rings is 1. The third kappa shape index (κ3) is 2.75. The lowest BCUT2D eigenvalue weighted by Crippen LogP contribution is -2.40. The molecule has 1 aliphatic rings. The normalized spacial score (nSPS) is 16.2. The second kappa shape index (κ2) is 6.67. The average Bonchev–Trinajstić information content (AvgIpc) is 3.50. The highest BCUT2D eigenvalue weighted by Crippen LogP contribution is 2.38. The summed E-state index contributed by atoms with van der Waals surface area (Å²) in [6, 6.07) is 6.78. The van der Waals surface area contributed by atoms with E-state index in [0.717, 1.165) is 5.69 Å². The number of nitrogens with zero attached hydrogens (tertiary/aromatic N) is 5. The van der Waals surface area contributed by atoms with Crippen molar-refractivity contribution in [1.82, 2.24) is 29.5 Å². The first kappa shape index (κ1) is 18.1. The highest BCUT2D eigenvalue weighted by atomic mass is 32.1. The molecule has 0 bridgehead atoms. The Morgan fingerprint density at radius 2 is 2.16 bits per heavy atom. The van der Waals surface area contributed by atoms with Gasteiger partial charge in [0.1, 0.15) is 28.2 Å². The van der Waals surface area contributed by atoms with Crippen LogP contribution in [0.5, 0.6) is 0 Å². The van der Waals surface area contributed by atoms with E-state index in [4.69, 9.17) is 0 Å². The largest absolute Gasteiger partial charge is 0.348 e. The fourth-order valence-corrected chi connectivity index (χ4v) is 5.17. The summed E-state index contributed by atoms with van der Waals surface area (Å²) in [5, 5.41) is 4.75. The predicted octanol–water partition coefficient (Wildman–Crippen LogP) is 3.73. The summed E-state index contributed by atoms with van der Waals surface area (Å²) in [7, 11) is 0. The van der Waals surface area contributed by atoms with E-state index in [1.165, 1.54) is 46.4 Å². The van der Waals surface area contributed by atoms with Gasteiger partial charge in [-0.25, -0.2) is 23.3 Å². The van der Waals surface area contributed by atoms with Gasteiger partial charge in [0.05, 0.1) is 34.0 Å². The maximum Gasteiger partial charge on any atom is 0.258 e. The van der Waals surface area contributed by atoms with Gasteiger partial charge in [0.25, 0.3) is 5.91 Å². The van der Waals surface area contributed by atoms with Crippen LogP contribution in [0.3, 0.4) is 0 Å². The Morgan fingerprint density at radius 3 is 3.03 bits per heavy atom. The Hall–Kier alpha value is -3.66. The van der Waals surface area contributed by atoms with Crippen LogP contribution in [-0.4, -0.2) is 41.9 Å². The lowest BCUT2D eigenvalue weighted by molar-refractivity contribution is 0.0692. The average molecular weight is 436 g/mol. The van der Waals surface area contributed by atoms with Crippen LogP contribution in [0, 0.1) is 11.6 Å². The number of thiazole rings is 1. The lowest BCUT2D eigenvalue weighted by atomic mass is 10.0. The number of nitrogens with one attached hydrogen (secondary N) is 1. The van der Waals surface area contributed by atoms with Crippen LogP contribution in [0.2, 0.25) is 0 Å². The van der Waals surface area contributed by atoms with Crippen LogP contribution in [0.4, 0.5) is 8.78 Å². The molecule has 31 heavy (non-hydrogen) atoms. The number of aromatic amines is 1. The zero-order valence-electron chi connectivity index (χ0n) is 15.9. The van der Waals surface area contributed by atoms with Crippen molar-refractivity contribution in [2.24, 2.45) is 0 Å². The van der Waals surface area contributed by atoms with Crippen molar-refractivity contribution in [3.63, 3.8) is 0 Å². The molecular formula is C21H14F2N6OS. The fraction of sp³-hybridized carbons (Fsp3) is 0.143. The van der Waals surface area contributed by atoms with E-state index in [0.29, 0.717) is 33.9 Å². The monoisotopic (exact) mass is 436 g/mol. The van der Waals surface area contributed by atoms with E-state index in [2.05, 4.69) is 20.1 Å². The molecule has 0 saturated heterocycles. The molecule has 0 fully saturated rings. The maximum absolute atomic E-state index is 14.3. The summed E-state index contributed by atoms with van der Waals surface area (Å²) in [4.78, 5) is 27.3. The maximum atomic E-state index is 14.3. The molecule has 1 amide bonds. The van der Waals surface area contributed by atoms with Crippen molar-refractivity contribution < 1.29 is 13.6 Å². The number of rotatable bonds is 2. The zero-order chi connectivity index (χ0) is 21.1. The van der Waals surface area contributed by atoms with Gasteiger partial charge in [0.15, 0.2) is 0 Å². The van der Waals surface area contributed by atoms with E-state index in [-0.39, 0.29) is 17.0 Å². The molecule has 5 aromatic rings. The summed E-state index contributed by atoms with van der Waals surface area (Å²) < 4.78 is 30.3. The number of hydrogen-bond acceptors (Lipinski definition) is 5. The summed E-state index contributed by atoms with van der Waals surface area (Å²) >= 11 is 1.33. The Bertz CT molecular complexity index is 1470. The number of pyridine rings is 1. The number of fused-ring (bicyclic) bond motifs is 3. The molecule has 1 atom stereocenters. The number of halogens is 2. The highest BCUT2D eigenvalue weighted by molar-refractivity contribution is 7.18. The van der Waals surface area contributed by atoms with Crippen molar-refractivity contribution in [3.8, 4) is 0 Å². The topological polar surface area (TPSA) is 79.2 Å². The first-order valence-corrected chi connectivity index (χ1v) is 10.4. The molecule has 0 unspecified atom stereocenters. The van der Waals surface area contributed by atoms with Gasteiger partial charge in [0, 0.05) is 30.9 Å². The summed E-state index contributed by atoms with van der Waals surface area (Å²) in [6.07, 6.45) is 5.08. The van der Waals surface area contributed by atoms with Crippen LogP contribution in [0.1, 0.15) is 32.8 Å². The number of carbonyl (C=O) groups is 1. The summed E-state index contributed by atoms with van der Waals surface area (Å²) in [6.45, 7) is 0.407. The summed E-state index contributed by atoms with van der Waals surface area (Å²) in [5.74, 6) is -1.17. The molecule has 0 spiro atoms. The molecule has 0 radical (unpaired) electrons. The third-order valence-electron chi connectivity index (χ3n) is 5.52. The minimum atomic E-state index is -0.581. The van der Waals surface area contributed by atoms with Crippen molar-refractivity contribution >= 4 is 33.0 Å². The van der Waals surface area contributed by atoms with E-state index in [1.807, 2.05) is 0 Å². The standard InChI is InChI=1S/C21H14F2N6OS/c22-11-4-7-29-15(8-11)12(9-26-29)21(30)28-6-5-14-18(25-10-24-14)19(28)20-27-17-13(23)2-1-3-16(17)31-20/h1-4,7-10,19H,5-6H2,(H,24,25)/t19-/m0/s1. The van der Waals surface area contributed by atoms with Crippen LogP contribution in [-0.2, 0) is 6.42 Å². The van der Waals surface area contributed by atoms with Crippen molar-refractivity contribution in [3.05, 3.63) is 82.6 Å². The van der Waals surface area contributed by atoms with E-state index < -0.39 is 17.7 Å². The molecule has 7 nitrogen and oxygen atoms in total. The van der Waals surface area contributed by atoms with Crippen LogP contribution in [0.25, 0.3) is 15.7 Å². The molecular weight excluding hydrogens is 422 g/mol. The quantitative estimate of drug-likeness (QED) is 0.457. The zero-order valence-corrected chi connectivity index (χ0v) is 16.7. The predicted molar refractivity (Wildman–Crippen MR) is 110 cm³/mol. The summed E-state index contributed by atoms with van der Waals surface area (Å²) in [5.41, 5.74) is 2.54. The van der Waals surface area contributed by atoms with Gasteiger partial charge in [-0.2, -0.15) is 5.10 Å². The molecule has 154 valence electrons. The fourth-order valence-electron chi connectivity index (χ4n) is 4.07. The molecule has 6 rings (SSSR count). The number of amides is 1. The first-order chi connectivity index (χ1) is 15.1. The van der Waals surface area contributed by atoms with Gasteiger partial charge >= 0.3 is 0 Å². The molecule has 0 aliphatic carbocycles. The number of carbonyl (C=O) groups excluding carboxylic acids is 1. The molecule has 1 aliphatic heterocycles. The van der Waals surface area contributed by atoms with Gasteiger partial charge in [-0.3, -0.25) is 4.79 Å². The van der Waals surface area contributed by atoms with Crippen molar-refractivity contribution in [2.75, 3.05) is 6.54 Å². The van der Waals surface area contributed by atoms with E-state index in [1.54, 1.807) is 23.4 Å². The second-order valence-electron chi connectivity index (χ2n) is 7.29. The smallest absolute Gasteiger partial charge is 0.258 e. The Morgan fingerprint density at radius 1 is 1.26 bits per heavy atom. The Labute approximate surface area is 178 Å². The van der Waals surface area contributed by atoms with Crippen molar-refractivity contribution in [2.45, 2.75) is 12.5 Å². The molecule has 10 heteroatoms. The minimum absolute atomic E-state index is 0.274. The number of aromatic nitrogens is 5. The number of para-hydroxylation sites is 1. The molecule has 1 N–H and O–H groups in total. The Kier molecular flexibility index (Phi) is 3.90. The first-order valence-electron chi connectivity index (χ1n) is 9.61. The van der Waals surface area contributed by atoms with Gasteiger partial charge in [-0.05, 0) is 18.2 Å². The molecule has 5 heterocycles. The molecule has 1 aromatic carbocycles.